The number of nitrogens with zero attached hydrogens (tertiary/aromatic N) is 2. The molecule has 0 aliphatic carbocycles. The number of aromatic nitrogens is 1. The molecular weight excluding hydrogens is 380 g/mol. The first-order chi connectivity index (χ1) is 14.5. The molecule has 0 unspecified atom stereocenters. The minimum Gasteiger partial charge on any atom is -0.619 e. The van der Waals surface area contributed by atoms with Gasteiger partial charge in [0.2, 0.25) is 0 Å². The summed E-state index contributed by atoms with van der Waals surface area (Å²) in [5.74, 6) is 0.692. The van der Waals surface area contributed by atoms with E-state index < -0.39 is 0 Å². The van der Waals surface area contributed by atoms with Crippen molar-refractivity contribution >= 4 is 5.91 Å². The number of pyridine rings is 1. The largest absolute Gasteiger partial charge is 0.619 e. The molecule has 1 aliphatic rings. The van der Waals surface area contributed by atoms with Gasteiger partial charge >= 0.3 is 0 Å². The van der Waals surface area contributed by atoms with Gasteiger partial charge in [-0.3, -0.25) is 9.69 Å². The number of carbonyl (C=O) groups is 1. The molecule has 1 fully saturated rings. The lowest BCUT2D eigenvalue weighted by Crippen LogP contribution is -2.43. The van der Waals surface area contributed by atoms with Crippen molar-refractivity contribution in [2.45, 2.75) is 33.7 Å². The topological polar surface area (TPSA) is 80.5 Å². The van der Waals surface area contributed by atoms with Gasteiger partial charge in [0.05, 0.1) is 6.61 Å². The highest BCUT2D eigenvalue weighted by atomic mass is 16.5. The van der Waals surface area contributed by atoms with Crippen LogP contribution in [0.2, 0.25) is 0 Å². The van der Waals surface area contributed by atoms with Gasteiger partial charge in [-0.25, -0.2) is 0 Å². The van der Waals surface area contributed by atoms with Gasteiger partial charge in [0.15, 0.2) is 12.4 Å². The van der Waals surface area contributed by atoms with E-state index in [1.54, 1.807) is 12.1 Å². The maximum Gasteiger partial charge on any atom is 0.257 e. The summed E-state index contributed by atoms with van der Waals surface area (Å²) >= 11 is 0. The minimum absolute atomic E-state index is 0.248. The third-order valence-electron chi connectivity index (χ3n) is 5.74. The van der Waals surface area contributed by atoms with E-state index in [1.807, 2.05) is 0 Å². The van der Waals surface area contributed by atoms with E-state index in [4.69, 9.17) is 4.74 Å². The fourth-order valence-corrected chi connectivity index (χ4v) is 3.66. The molecule has 1 amide bonds. The maximum atomic E-state index is 12.1. The van der Waals surface area contributed by atoms with E-state index in [0.717, 1.165) is 38.5 Å². The first kappa shape index (κ1) is 22.1. The minimum atomic E-state index is -0.248. The summed E-state index contributed by atoms with van der Waals surface area (Å²) in [4.78, 5) is 14.6. The summed E-state index contributed by atoms with van der Waals surface area (Å²) in [6.07, 6.45) is 3.31. The third kappa shape index (κ3) is 5.70. The molecule has 0 bridgehead atoms. The van der Waals surface area contributed by atoms with Crippen molar-refractivity contribution in [1.82, 2.24) is 15.5 Å². The molecule has 1 aromatic carbocycles. The number of piperazine rings is 1. The van der Waals surface area contributed by atoms with Crippen LogP contribution in [0, 0.1) is 26.0 Å². The monoisotopic (exact) mass is 412 g/mol. The van der Waals surface area contributed by atoms with E-state index in [-0.39, 0.29) is 5.91 Å². The predicted molar refractivity (Wildman–Crippen MR) is 117 cm³/mol. The maximum absolute atomic E-state index is 12.1. The quantitative estimate of drug-likeness (QED) is 0.393. The van der Waals surface area contributed by atoms with E-state index in [2.05, 4.69) is 42.4 Å². The second-order valence-electron chi connectivity index (χ2n) is 7.86. The molecule has 1 aromatic heterocycles. The number of nitrogens with one attached hydrogen (secondary N) is 2. The van der Waals surface area contributed by atoms with E-state index in [0.29, 0.717) is 29.9 Å². The molecule has 30 heavy (non-hydrogen) atoms. The van der Waals surface area contributed by atoms with Crippen molar-refractivity contribution in [3.63, 3.8) is 0 Å². The Morgan fingerprint density at radius 3 is 2.77 bits per heavy atom. The second kappa shape index (κ2) is 10.4. The van der Waals surface area contributed by atoms with Gasteiger partial charge in [-0.1, -0.05) is 0 Å². The Kier molecular flexibility index (Phi) is 7.65. The lowest BCUT2D eigenvalue weighted by atomic mass is 9.97. The molecule has 0 saturated carbocycles. The third-order valence-corrected chi connectivity index (χ3v) is 5.74. The SMILES string of the molecule is Cc1cc(OCCCNC(=O)c2ccc[n+]([O-])c2)c(CN2CCNCC2)c(C)c1C. The molecular formula is C23H32N4O3. The molecule has 7 heteroatoms. The fraction of sp³-hybridized carbons (Fsp3) is 0.478. The standard InChI is InChI=1S/C23H32N4O3/c1-17-14-22(21(19(3)18(17)2)16-26-11-8-24-9-12-26)30-13-5-7-25-23(28)20-6-4-10-27(29)15-20/h4,6,10,14-15,24H,5,7-9,11-13,16H2,1-3H3,(H,25,28). The van der Waals surface area contributed by atoms with Gasteiger partial charge in [0.25, 0.3) is 5.91 Å². The van der Waals surface area contributed by atoms with Gasteiger partial charge in [-0.05, 0) is 56.0 Å². The van der Waals surface area contributed by atoms with Crippen LogP contribution in [0.4, 0.5) is 0 Å². The Bertz CT molecular complexity index is 879. The summed E-state index contributed by atoms with van der Waals surface area (Å²) in [6.45, 7) is 12.5. The summed E-state index contributed by atoms with van der Waals surface area (Å²) in [7, 11) is 0. The zero-order chi connectivity index (χ0) is 21.5. The summed E-state index contributed by atoms with van der Waals surface area (Å²) < 4.78 is 6.78. The van der Waals surface area contributed by atoms with Gasteiger partial charge in [0, 0.05) is 50.9 Å². The average molecular weight is 413 g/mol. The number of amides is 1. The van der Waals surface area contributed by atoms with Crippen molar-refractivity contribution < 1.29 is 14.3 Å². The van der Waals surface area contributed by atoms with Crippen LogP contribution >= 0.6 is 0 Å². The number of carbonyl (C=O) groups excluding carboxylic acids is 1. The van der Waals surface area contributed by atoms with Crippen LogP contribution in [-0.2, 0) is 6.54 Å². The van der Waals surface area contributed by atoms with Crippen molar-refractivity contribution in [1.29, 1.82) is 0 Å². The first-order valence-electron chi connectivity index (χ1n) is 10.6. The molecule has 1 aliphatic heterocycles. The first-order valence-corrected chi connectivity index (χ1v) is 10.6. The Morgan fingerprint density at radius 1 is 1.27 bits per heavy atom. The van der Waals surface area contributed by atoms with Crippen molar-refractivity contribution in [3.8, 4) is 5.75 Å². The molecule has 0 atom stereocenters. The van der Waals surface area contributed by atoms with Gasteiger partial charge in [0.1, 0.15) is 11.3 Å². The predicted octanol–water partition coefficient (Wildman–Crippen LogP) is 1.85. The highest BCUT2D eigenvalue weighted by molar-refractivity contribution is 5.93. The van der Waals surface area contributed by atoms with Crippen molar-refractivity contribution in [3.05, 3.63) is 63.6 Å². The second-order valence-corrected chi connectivity index (χ2v) is 7.86. The molecule has 0 radical (unpaired) electrons. The van der Waals surface area contributed by atoms with Crippen LogP contribution in [0.1, 0.15) is 39.0 Å². The zero-order valence-electron chi connectivity index (χ0n) is 18.2. The number of ether oxygens (including phenoxy) is 1. The Labute approximate surface area is 178 Å². The molecule has 0 spiro atoms. The number of benzene rings is 1. The Balaban J connectivity index is 1.55. The molecule has 2 heterocycles. The fourth-order valence-electron chi connectivity index (χ4n) is 3.66. The molecule has 2 aromatic rings. The van der Waals surface area contributed by atoms with Crippen LogP contribution < -0.4 is 20.1 Å². The summed E-state index contributed by atoms with van der Waals surface area (Å²) in [6, 6.07) is 5.32. The van der Waals surface area contributed by atoms with E-state index in [1.165, 1.54) is 34.6 Å². The number of aryl methyl sites for hydroxylation is 1. The van der Waals surface area contributed by atoms with Crippen LogP contribution in [-0.4, -0.2) is 50.1 Å². The van der Waals surface area contributed by atoms with Crippen molar-refractivity contribution in [2.24, 2.45) is 0 Å². The molecule has 2 N–H and O–H groups in total. The van der Waals surface area contributed by atoms with Crippen LogP contribution in [0.15, 0.2) is 30.6 Å². The summed E-state index contributed by atoms with van der Waals surface area (Å²) in [5.41, 5.74) is 5.46. The van der Waals surface area contributed by atoms with Crippen LogP contribution in [0.5, 0.6) is 5.75 Å². The number of rotatable bonds is 8. The lowest BCUT2D eigenvalue weighted by molar-refractivity contribution is -0.605. The lowest BCUT2D eigenvalue weighted by Gasteiger charge is -2.29. The highest BCUT2D eigenvalue weighted by Gasteiger charge is 2.17. The van der Waals surface area contributed by atoms with Gasteiger partial charge in [-0.2, -0.15) is 4.73 Å². The van der Waals surface area contributed by atoms with Crippen LogP contribution in [0.25, 0.3) is 0 Å². The number of hydrogen-bond acceptors (Lipinski definition) is 5. The van der Waals surface area contributed by atoms with E-state index in [9.17, 15) is 10.0 Å². The van der Waals surface area contributed by atoms with E-state index >= 15 is 0 Å². The summed E-state index contributed by atoms with van der Waals surface area (Å²) in [5, 5.41) is 17.5. The number of hydrogen-bond donors (Lipinski definition) is 2. The average Bonchev–Trinajstić information content (AvgIpc) is 2.75. The Morgan fingerprint density at radius 2 is 2.03 bits per heavy atom. The van der Waals surface area contributed by atoms with Gasteiger partial charge in [-0.15, -0.1) is 0 Å². The molecule has 3 rings (SSSR count). The Hall–Kier alpha value is -2.64. The molecule has 7 nitrogen and oxygen atoms in total. The van der Waals surface area contributed by atoms with Crippen molar-refractivity contribution in [2.75, 3.05) is 39.3 Å². The van der Waals surface area contributed by atoms with Gasteiger partial charge < -0.3 is 20.6 Å². The normalized spacial score (nSPS) is 14.5. The highest BCUT2D eigenvalue weighted by Crippen LogP contribution is 2.29. The smallest absolute Gasteiger partial charge is 0.257 e. The molecule has 162 valence electrons. The molecule has 1 saturated heterocycles. The van der Waals surface area contributed by atoms with Crippen LogP contribution in [0.3, 0.4) is 0 Å². The zero-order valence-corrected chi connectivity index (χ0v) is 18.2.